The molecule has 0 heterocycles. The van der Waals surface area contributed by atoms with Gasteiger partial charge in [-0.3, -0.25) is 9.59 Å². The average molecular weight is 309 g/mol. The summed E-state index contributed by atoms with van der Waals surface area (Å²) in [6.45, 7) is 4.49. The van der Waals surface area contributed by atoms with E-state index in [-0.39, 0.29) is 19.1 Å². The van der Waals surface area contributed by atoms with Gasteiger partial charge >= 0.3 is 5.97 Å². The smallest absolute Gasteiger partial charge is 0.323 e. The van der Waals surface area contributed by atoms with Crippen molar-refractivity contribution in [1.82, 2.24) is 4.90 Å². The Kier molecular flexibility index (Phi) is 7.81. The van der Waals surface area contributed by atoms with Gasteiger partial charge in [-0.05, 0) is 37.1 Å². The predicted octanol–water partition coefficient (Wildman–Crippen LogP) is 2.18. The molecule has 0 saturated heterocycles. The van der Waals surface area contributed by atoms with Crippen LogP contribution in [0, 0.1) is 0 Å². The SMILES string of the molecule is CCCOc1ccc(OCC(=O)N(CCC)CC(=O)O)cc1. The molecule has 1 rings (SSSR count). The Hall–Kier alpha value is -2.24. The summed E-state index contributed by atoms with van der Waals surface area (Å²) in [7, 11) is 0. The Morgan fingerprint density at radius 1 is 1.05 bits per heavy atom. The topological polar surface area (TPSA) is 76.1 Å². The number of carboxylic acid groups (broad SMARTS) is 1. The molecule has 0 bridgehead atoms. The largest absolute Gasteiger partial charge is 0.494 e. The first kappa shape index (κ1) is 17.8. The van der Waals surface area contributed by atoms with Crippen LogP contribution in [0.4, 0.5) is 0 Å². The van der Waals surface area contributed by atoms with Crippen molar-refractivity contribution in [1.29, 1.82) is 0 Å². The zero-order chi connectivity index (χ0) is 16.4. The molecule has 1 N–H and O–H groups in total. The molecule has 0 aliphatic rings. The molecule has 6 heteroatoms. The van der Waals surface area contributed by atoms with E-state index in [0.29, 0.717) is 25.3 Å². The molecule has 122 valence electrons. The molecule has 0 fully saturated rings. The summed E-state index contributed by atoms with van der Waals surface area (Å²) in [5, 5.41) is 8.80. The Morgan fingerprint density at radius 2 is 1.64 bits per heavy atom. The predicted molar refractivity (Wildman–Crippen MR) is 82.2 cm³/mol. The lowest BCUT2D eigenvalue weighted by Gasteiger charge is -2.20. The Labute approximate surface area is 130 Å². The van der Waals surface area contributed by atoms with Crippen molar-refractivity contribution in [2.45, 2.75) is 26.7 Å². The van der Waals surface area contributed by atoms with Gasteiger partial charge in [0.2, 0.25) is 0 Å². The monoisotopic (exact) mass is 309 g/mol. The number of amides is 1. The van der Waals surface area contributed by atoms with E-state index in [1.165, 1.54) is 4.90 Å². The van der Waals surface area contributed by atoms with Crippen LogP contribution in [0.15, 0.2) is 24.3 Å². The van der Waals surface area contributed by atoms with Gasteiger partial charge < -0.3 is 19.5 Å². The summed E-state index contributed by atoms with van der Waals surface area (Å²) < 4.78 is 10.9. The van der Waals surface area contributed by atoms with Crippen LogP contribution in [0.2, 0.25) is 0 Å². The van der Waals surface area contributed by atoms with Gasteiger partial charge in [0, 0.05) is 6.54 Å². The zero-order valence-electron chi connectivity index (χ0n) is 13.1. The van der Waals surface area contributed by atoms with Crippen LogP contribution in [0.25, 0.3) is 0 Å². The van der Waals surface area contributed by atoms with Crippen molar-refractivity contribution in [3.05, 3.63) is 24.3 Å². The number of carbonyl (C=O) groups excluding carboxylic acids is 1. The normalized spacial score (nSPS) is 10.1. The third-order valence-corrected chi connectivity index (χ3v) is 2.83. The van der Waals surface area contributed by atoms with Crippen LogP contribution in [0.1, 0.15) is 26.7 Å². The fourth-order valence-electron chi connectivity index (χ4n) is 1.81. The molecule has 1 amide bonds. The number of rotatable bonds is 10. The maximum Gasteiger partial charge on any atom is 0.323 e. The molecule has 22 heavy (non-hydrogen) atoms. The van der Waals surface area contributed by atoms with E-state index in [2.05, 4.69) is 0 Å². The van der Waals surface area contributed by atoms with Crippen LogP contribution in [-0.2, 0) is 9.59 Å². The number of hydrogen-bond acceptors (Lipinski definition) is 4. The number of benzene rings is 1. The number of ether oxygens (including phenoxy) is 2. The van der Waals surface area contributed by atoms with E-state index in [1.54, 1.807) is 24.3 Å². The quantitative estimate of drug-likeness (QED) is 0.717. The molecule has 1 aromatic rings. The number of hydrogen-bond donors (Lipinski definition) is 1. The summed E-state index contributed by atoms with van der Waals surface area (Å²) in [6, 6.07) is 6.99. The minimum absolute atomic E-state index is 0.178. The Morgan fingerprint density at radius 3 is 2.14 bits per heavy atom. The van der Waals surface area contributed by atoms with E-state index in [4.69, 9.17) is 14.6 Å². The molecule has 0 atom stereocenters. The van der Waals surface area contributed by atoms with Gasteiger partial charge in [0.15, 0.2) is 6.61 Å². The van der Waals surface area contributed by atoms with Gasteiger partial charge in [0.25, 0.3) is 5.91 Å². The second-order valence-electron chi connectivity index (χ2n) is 4.82. The fourth-order valence-corrected chi connectivity index (χ4v) is 1.81. The third-order valence-electron chi connectivity index (χ3n) is 2.83. The van der Waals surface area contributed by atoms with E-state index >= 15 is 0 Å². The fraction of sp³-hybridized carbons (Fsp3) is 0.500. The molecule has 1 aromatic carbocycles. The van der Waals surface area contributed by atoms with Gasteiger partial charge in [-0.15, -0.1) is 0 Å². The number of carbonyl (C=O) groups is 2. The average Bonchev–Trinajstić information content (AvgIpc) is 2.50. The highest BCUT2D eigenvalue weighted by atomic mass is 16.5. The lowest BCUT2D eigenvalue weighted by molar-refractivity contribution is -0.145. The summed E-state index contributed by atoms with van der Waals surface area (Å²) in [5.41, 5.74) is 0. The maximum absolute atomic E-state index is 12.0. The molecule has 0 aliphatic carbocycles. The molecule has 0 radical (unpaired) electrons. The van der Waals surface area contributed by atoms with Gasteiger partial charge in [-0.25, -0.2) is 0 Å². The molecule has 0 spiro atoms. The second-order valence-corrected chi connectivity index (χ2v) is 4.82. The zero-order valence-corrected chi connectivity index (χ0v) is 13.1. The van der Waals surface area contributed by atoms with Crippen LogP contribution in [0.3, 0.4) is 0 Å². The summed E-state index contributed by atoms with van der Waals surface area (Å²) in [5.74, 6) is -0.0715. The van der Waals surface area contributed by atoms with Crippen molar-refractivity contribution >= 4 is 11.9 Å². The van der Waals surface area contributed by atoms with Crippen molar-refractivity contribution in [3.63, 3.8) is 0 Å². The minimum Gasteiger partial charge on any atom is -0.494 e. The van der Waals surface area contributed by atoms with E-state index in [1.807, 2.05) is 13.8 Å². The molecule has 0 unspecified atom stereocenters. The van der Waals surface area contributed by atoms with Gasteiger partial charge in [-0.2, -0.15) is 0 Å². The molecular formula is C16H23NO5. The lowest BCUT2D eigenvalue weighted by Crippen LogP contribution is -2.39. The maximum atomic E-state index is 12.0. The number of carboxylic acids is 1. The van der Waals surface area contributed by atoms with Crippen molar-refractivity contribution in [2.75, 3.05) is 26.3 Å². The highest BCUT2D eigenvalue weighted by Crippen LogP contribution is 2.17. The third kappa shape index (κ3) is 6.47. The molecular weight excluding hydrogens is 286 g/mol. The first-order valence-electron chi connectivity index (χ1n) is 7.42. The summed E-state index contributed by atoms with van der Waals surface area (Å²) >= 11 is 0. The molecule has 0 aromatic heterocycles. The van der Waals surface area contributed by atoms with E-state index < -0.39 is 5.97 Å². The van der Waals surface area contributed by atoms with Crippen LogP contribution >= 0.6 is 0 Å². The van der Waals surface area contributed by atoms with Crippen LogP contribution < -0.4 is 9.47 Å². The first-order chi connectivity index (χ1) is 10.6. The number of aliphatic carboxylic acids is 1. The lowest BCUT2D eigenvalue weighted by atomic mass is 10.3. The van der Waals surface area contributed by atoms with Gasteiger partial charge in [0.05, 0.1) is 6.61 Å². The highest BCUT2D eigenvalue weighted by molar-refractivity contribution is 5.82. The van der Waals surface area contributed by atoms with Crippen molar-refractivity contribution in [2.24, 2.45) is 0 Å². The van der Waals surface area contributed by atoms with Gasteiger partial charge in [-0.1, -0.05) is 13.8 Å². The first-order valence-corrected chi connectivity index (χ1v) is 7.42. The molecule has 6 nitrogen and oxygen atoms in total. The van der Waals surface area contributed by atoms with Crippen LogP contribution in [0.5, 0.6) is 11.5 Å². The van der Waals surface area contributed by atoms with Gasteiger partial charge in [0.1, 0.15) is 18.0 Å². The minimum atomic E-state index is -1.03. The second kappa shape index (κ2) is 9.65. The Balaban J connectivity index is 2.49. The van der Waals surface area contributed by atoms with E-state index in [0.717, 1.165) is 12.2 Å². The molecule has 0 aliphatic heterocycles. The Bertz CT molecular complexity index is 472. The van der Waals surface area contributed by atoms with Crippen molar-refractivity contribution in [3.8, 4) is 11.5 Å². The van der Waals surface area contributed by atoms with E-state index in [9.17, 15) is 9.59 Å². The summed E-state index contributed by atoms with van der Waals surface area (Å²) in [4.78, 5) is 24.0. The van der Waals surface area contributed by atoms with Crippen molar-refractivity contribution < 1.29 is 24.2 Å². The van der Waals surface area contributed by atoms with Crippen LogP contribution in [-0.4, -0.2) is 48.2 Å². The standard InChI is InChI=1S/C16H23NO5/c1-3-9-17(11-16(19)20)15(18)12-22-14-7-5-13(6-8-14)21-10-4-2/h5-8H,3-4,9-12H2,1-2H3,(H,19,20). The highest BCUT2D eigenvalue weighted by Gasteiger charge is 2.16. The molecule has 0 saturated carbocycles. The summed E-state index contributed by atoms with van der Waals surface area (Å²) in [6.07, 6.45) is 1.63. The number of nitrogens with zero attached hydrogens (tertiary/aromatic N) is 1.